The molecule has 2 amide bonds. The maximum absolute atomic E-state index is 13.0. The van der Waals surface area contributed by atoms with Crippen molar-refractivity contribution in [1.82, 2.24) is 25.5 Å². The smallest absolute Gasteiger partial charge is 0.332 e. The van der Waals surface area contributed by atoms with E-state index in [4.69, 9.17) is 0 Å². The lowest BCUT2D eigenvalue weighted by Crippen LogP contribution is -2.35. The molecule has 1 heterocycles. The molecule has 11 heteroatoms. The number of para-hydroxylation sites is 1. The van der Waals surface area contributed by atoms with Crippen molar-refractivity contribution in [3.8, 4) is 11.4 Å². The van der Waals surface area contributed by atoms with E-state index in [0.717, 1.165) is 17.0 Å². The van der Waals surface area contributed by atoms with Gasteiger partial charge in [-0.25, -0.2) is 0 Å². The summed E-state index contributed by atoms with van der Waals surface area (Å²) in [7, 11) is 1.38. The van der Waals surface area contributed by atoms with Crippen LogP contribution in [0.3, 0.4) is 0 Å². The van der Waals surface area contributed by atoms with Crippen LogP contribution in [-0.2, 0) is 11.0 Å². The summed E-state index contributed by atoms with van der Waals surface area (Å²) in [6, 6.07) is 10.9. The molecule has 0 unspecified atom stereocenters. The highest BCUT2D eigenvalue weighted by molar-refractivity contribution is 5.99. The van der Waals surface area contributed by atoms with Gasteiger partial charge in [-0.05, 0) is 29.5 Å². The summed E-state index contributed by atoms with van der Waals surface area (Å²) < 4.78 is 39.0. The van der Waals surface area contributed by atoms with Crippen LogP contribution < -0.4 is 5.32 Å². The van der Waals surface area contributed by atoms with Crippen LogP contribution >= 0.6 is 0 Å². The number of rotatable bonds is 5. The molecule has 3 rings (SSSR count). The SMILES string of the molecule is CN(CC(=O)Nc1ccccc1C(F)(F)F)C(=O)c1ccc(-c2nn[nH]n2)cc1. The predicted octanol–water partition coefficient (Wildman–Crippen LogP) is 2.60. The number of halogens is 3. The zero-order chi connectivity index (χ0) is 21.0. The molecule has 0 aliphatic heterocycles. The lowest BCUT2D eigenvalue weighted by atomic mass is 10.1. The highest BCUT2D eigenvalue weighted by Crippen LogP contribution is 2.34. The Hall–Kier alpha value is -3.76. The van der Waals surface area contributed by atoms with E-state index >= 15 is 0 Å². The van der Waals surface area contributed by atoms with Crippen LogP contribution in [0.1, 0.15) is 15.9 Å². The van der Waals surface area contributed by atoms with Gasteiger partial charge in [0.2, 0.25) is 11.7 Å². The largest absolute Gasteiger partial charge is 0.418 e. The van der Waals surface area contributed by atoms with Gasteiger partial charge in [-0.1, -0.05) is 24.3 Å². The molecule has 0 bridgehead atoms. The molecular formula is C18H15F3N6O2. The maximum Gasteiger partial charge on any atom is 0.418 e. The number of likely N-dealkylation sites (N-methyl/N-ethyl adjacent to an activating group) is 1. The average molecular weight is 404 g/mol. The van der Waals surface area contributed by atoms with Gasteiger partial charge in [0.05, 0.1) is 17.8 Å². The monoisotopic (exact) mass is 404 g/mol. The summed E-state index contributed by atoms with van der Waals surface area (Å²) in [5.41, 5.74) is -0.391. The molecule has 2 aromatic carbocycles. The summed E-state index contributed by atoms with van der Waals surface area (Å²) in [6.45, 7) is -0.419. The number of amides is 2. The van der Waals surface area contributed by atoms with Gasteiger partial charge in [0, 0.05) is 18.2 Å². The summed E-state index contributed by atoms with van der Waals surface area (Å²) in [5, 5.41) is 15.6. The molecule has 0 aliphatic carbocycles. The highest BCUT2D eigenvalue weighted by Gasteiger charge is 2.33. The first-order valence-electron chi connectivity index (χ1n) is 8.31. The van der Waals surface area contributed by atoms with E-state index in [9.17, 15) is 22.8 Å². The van der Waals surface area contributed by atoms with Crippen molar-refractivity contribution < 1.29 is 22.8 Å². The Balaban J connectivity index is 1.65. The third-order valence-electron chi connectivity index (χ3n) is 3.97. The number of tetrazole rings is 1. The van der Waals surface area contributed by atoms with Crippen LogP contribution in [0.4, 0.5) is 18.9 Å². The number of nitrogens with one attached hydrogen (secondary N) is 2. The molecule has 0 saturated carbocycles. The number of hydrogen-bond donors (Lipinski definition) is 2. The summed E-state index contributed by atoms with van der Waals surface area (Å²) in [5.74, 6) is -0.857. The number of carbonyl (C=O) groups is 2. The first-order chi connectivity index (χ1) is 13.8. The molecule has 3 aromatic rings. The number of H-pyrrole nitrogens is 1. The van der Waals surface area contributed by atoms with Gasteiger partial charge in [-0.2, -0.15) is 18.4 Å². The topological polar surface area (TPSA) is 104 Å². The molecule has 0 spiro atoms. The Bertz CT molecular complexity index is 1000. The van der Waals surface area contributed by atoms with Crippen molar-refractivity contribution >= 4 is 17.5 Å². The number of aromatic nitrogens is 4. The molecule has 150 valence electrons. The average Bonchev–Trinajstić information content (AvgIpc) is 3.22. The number of alkyl halides is 3. The summed E-state index contributed by atoms with van der Waals surface area (Å²) in [6.07, 6.45) is -4.61. The number of aromatic amines is 1. The molecule has 29 heavy (non-hydrogen) atoms. The third kappa shape index (κ3) is 4.75. The number of carbonyl (C=O) groups excluding carboxylic acids is 2. The fourth-order valence-corrected chi connectivity index (χ4v) is 2.58. The lowest BCUT2D eigenvalue weighted by Gasteiger charge is -2.18. The Morgan fingerprint density at radius 1 is 1.10 bits per heavy atom. The molecule has 8 nitrogen and oxygen atoms in total. The van der Waals surface area contributed by atoms with Gasteiger partial charge >= 0.3 is 6.18 Å². The number of nitrogens with zero attached hydrogens (tertiary/aromatic N) is 4. The first-order valence-corrected chi connectivity index (χ1v) is 8.31. The highest BCUT2D eigenvalue weighted by atomic mass is 19.4. The lowest BCUT2D eigenvalue weighted by molar-refractivity contribution is -0.137. The Kier molecular flexibility index (Phi) is 5.57. The van der Waals surface area contributed by atoms with E-state index in [1.54, 1.807) is 12.1 Å². The molecule has 1 aromatic heterocycles. The Labute approximate surface area is 162 Å². The second-order valence-electron chi connectivity index (χ2n) is 6.07. The van der Waals surface area contributed by atoms with Crippen molar-refractivity contribution in [1.29, 1.82) is 0 Å². The maximum atomic E-state index is 13.0. The van der Waals surface area contributed by atoms with Crippen LogP contribution in [0.2, 0.25) is 0 Å². The van der Waals surface area contributed by atoms with E-state index in [-0.39, 0.29) is 5.69 Å². The van der Waals surface area contributed by atoms with E-state index < -0.39 is 30.1 Å². The van der Waals surface area contributed by atoms with Gasteiger partial charge in [-0.15, -0.1) is 10.2 Å². The van der Waals surface area contributed by atoms with Crippen LogP contribution in [0.15, 0.2) is 48.5 Å². The van der Waals surface area contributed by atoms with Crippen LogP contribution in [0.5, 0.6) is 0 Å². The van der Waals surface area contributed by atoms with Gasteiger partial charge in [0.15, 0.2) is 0 Å². The minimum Gasteiger partial charge on any atom is -0.332 e. The fraction of sp³-hybridized carbons (Fsp3) is 0.167. The third-order valence-corrected chi connectivity index (χ3v) is 3.97. The van der Waals surface area contributed by atoms with E-state index in [1.165, 1.54) is 31.3 Å². The van der Waals surface area contributed by atoms with E-state index in [0.29, 0.717) is 17.0 Å². The molecule has 2 N–H and O–H groups in total. The standard InChI is InChI=1S/C18H15F3N6O2/c1-27(10-15(28)22-14-5-3-2-4-13(14)18(19,20)21)17(29)12-8-6-11(7-9-12)16-23-25-26-24-16/h2-9H,10H2,1H3,(H,22,28)(H,23,24,25,26). The molecule has 0 radical (unpaired) electrons. The number of benzene rings is 2. The summed E-state index contributed by atoms with van der Waals surface area (Å²) >= 11 is 0. The van der Waals surface area contributed by atoms with Crippen molar-refractivity contribution in [2.75, 3.05) is 18.9 Å². The fourth-order valence-electron chi connectivity index (χ4n) is 2.58. The molecule has 0 fully saturated rings. The van der Waals surface area contributed by atoms with E-state index in [2.05, 4.69) is 25.9 Å². The molecule has 0 saturated heterocycles. The molecule has 0 aliphatic rings. The second-order valence-corrected chi connectivity index (χ2v) is 6.07. The van der Waals surface area contributed by atoms with Crippen molar-refractivity contribution in [2.24, 2.45) is 0 Å². The minimum absolute atomic E-state index is 0.295. The van der Waals surface area contributed by atoms with Gasteiger partial charge in [0.25, 0.3) is 5.91 Å². The van der Waals surface area contributed by atoms with Crippen molar-refractivity contribution in [3.05, 3.63) is 59.7 Å². The minimum atomic E-state index is -4.61. The van der Waals surface area contributed by atoms with Gasteiger partial charge in [-0.3, -0.25) is 9.59 Å². The van der Waals surface area contributed by atoms with Gasteiger partial charge < -0.3 is 10.2 Å². The number of anilines is 1. The molecular weight excluding hydrogens is 389 g/mol. The second kappa shape index (κ2) is 8.09. The van der Waals surface area contributed by atoms with Crippen molar-refractivity contribution in [3.63, 3.8) is 0 Å². The summed E-state index contributed by atoms with van der Waals surface area (Å²) in [4.78, 5) is 25.7. The quantitative estimate of drug-likeness (QED) is 0.680. The van der Waals surface area contributed by atoms with Crippen LogP contribution in [-0.4, -0.2) is 50.9 Å². The van der Waals surface area contributed by atoms with Crippen LogP contribution in [0.25, 0.3) is 11.4 Å². The normalized spacial score (nSPS) is 11.2. The first kappa shape index (κ1) is 20.0. The number of hydrogen-bond acceptors (Lipinski definition) is 5. The zero-order valence-electron chi connectivity index (χ0n) is 15.1. The zero-order valence-corrected chi connectivity index (χ0v) is 15.1. The Morgan fingerprint density at radius 3 is 2.41 bits per heavy atom. The Morgan fingerprint density at radius 2 is 1.79 bits per heavy atom. The van der Waals surface area contributed by atoms with E-state index in [1.807, 2.05) is 0 Å². The predicted molar refractivity (Wildman–Crippen MR) is 96.6 cm³/mol. The van der Waals surface area contributed by atoms with Gasteiger partial charge in [0.1, 0.15) is 0 Å². The van der Waals surface area contributed by atoms with Crippen LogP contribution in [0, 0.1) is 0 Å². The molecule has 0 atom stereocenters. The van der Waals surface area contributed by atoms with Crippen molar-refractivity contribution in [2.45, 2.75) is 6.18 Å².